The molecule has 0 aliphatic heterocycles. The van der Waals surface area contributed by atoms with Crippen molar-refractivity contribution in [1.29, 1.82) is 0 Å². The van der Waals surface area contributed by atoms with Gasteiger partial charge >= 0.3 is 14.8 Å². The van der Waals surface area contributed by atoms with Gasteiger partial charge in [-0.2, -0.15) is 0 Å². The van der Waals surface area contributed by atoms with E-state index in [4.69, 9.17) is 18.0 Å². The Kier molecular flexibility index (Phi) is 5.15. The normalized spacial score (nSPS) is 11.8. The van der Waals surface area contributed by atoms with Crippen molar-refractivity contribution in [3.63, 3.8) is 0 Å². The molecule has 6 heteroatoms. The lowest BCUT2D eigenvalue weighted by atomic mass is 9.97. The fourth-order valence-corrected chi connectivity index (χ4v) is 4.04. The Morgan fingerprint density at radius 1 is 0.840 bits per heavy atom. The van der Waals surface area contributed by atoms with Crippen LogP contribution in [0, 0.1) is 0 Å². The van der Waals surface area contributed by atoms with E-state index in [1.807, 2.05) is 54.6 Å². The number of hydrogen-bond acceptors (Lipinski definition) is 5. The van der Waals surface area contributed by atoms with Crippen molar-refractivity contribution in [2.45, 2.75) is 0 Å². The molecule has 0 saturated carbocycles. The second kappa shape index (κ2) is 7.33. The van der Waals surface area contributed by atoms with Crippen LogP contribution in [-0.4, -0.2) is 42.3 Å². The fourth-order valence-electron chi connectivity index (χ4n) is 2.88. The number of carbonyl (C=O) groups excluding carboxylic acids is 1. The highest BCUT2D eigenvalue weighted by atomic mass is 28.4. The molecule has 130 valence electrons. The lowest BCUT2D eigenvalue weighted by Crippen LogP contribution is -2.48. The number of fused-ring (bicyclic) bond motifs is 3. The highest BCUT2D eigenvalue weighted by Gasteiger charge is 2.40. The minimum absolute atomic E-state index is 0.0452. The second-order valence-corrected chi connectivity index (χ2v) is 8.44. The maximum atomic E-state index is 12.7. The molecule has 0 atom stereocenters. The summed E-state index contributed by atoms with van der Waals surface area (Å²) in [5.74, 6) is -0.426. The maximum absolute atomic E-state index is 12.7. The third kappa shape index (κ3) is 3.29. The summed E-state index contributed by atoms with van der Waals surface area (Å²) in [5.41, 5.74) is 0.514. The highest BCUT2D eigenvalue weighted by Crippen LogP contribution is 2.29. The van der Waals surface area contributed by atoms with E-state index in [1.165, 1.54) is 21.3 Å². The quantitative estimate of drug-likeness (QED) is 0.384. The van der Waals surface area contributed by atoms with Gasteiger partial charge in [-0.15, -0.1) is 0 Å². The van der Waals surface area contributed by atoms with E-state index in [0.717, 1.165) is 21.5 Å². The Morgan fingerprint density at radius 3 is 2.04 bits per heavy atom. The molecule has 0 heterocycles. The van der Waals surface area contributed by atoms with Crippen LogP contribution >= 0.6 is 0 Å². The van der Waals surface area contributed by atoms with E-state index >= 15 is 0 Å². The van der Waals surface area contributed by atoms with E-state index in [0.29, 0.717) is 5.56 Å². The average molecular weight is 356 g/mol. The van der Waals surface area contributed by atoms with Gasteiger partial charge in [0.25, 0.3) is 0 Å². The Labute approximate surface area is 147 Å². The van der Waals surface area contributed by atoms with Gasteiger partial charge in [-0.05, 0) is 27.6 Å². The van der Waals surface area contributed by atoms with E-state index in [-0.39, 0.29) is 6.23 Å². The number of ether oxygens (including phenoxy) is 1. The fraction of sp³-hybridized carbons (Fsp3) is 0.211. The van der Waals surface area contributed by atoms with Crippen LogP contribution in [0.5, 0.6) is 0 Å². The summed E-state index contributed by atoms with van der Waals surface area (Å²) in [6, 6.07) is 17.6. The average Bonchev–Trinajstić information content (AvgIpc) is 2.68. The van der Waals surface area contributed by atoms with Crippen molar-refractivity contribution in [2.75, 3.05) is 27.6 Å². The molecule has 25 heavy (non-hydrogen) atoms. The van der Waals surface area contributed by atoms with Crippen molar-refractivity contribution in [3.8, 4) is 0 Å². The van der Waals surface area contributed by atoms with Crippen molar-refractivity contribution in [2.24, 2.45) is 0 Å². The molecule has 0 unspecified atom stereocenters. The molecule has 0 amide bonds. The van der Waals surface area contributed by atoms with Crippen LogP contribution in [0.1, 0.15) is 10.4 Å². The summed E-state index contributed by atoms with van der Waals surface area (Å²) in [6.07, 6.45) is -0.0452. The van der Waals surface area contributed by atoms with Crippen molar-refractivity contribution >= 4 is 36.3 Å². The van der Waals surface area contributed by atoms with Gasteiger partial charge in [-0.25, -0.2) is 4.79 Å². The smallest absolute Gasteiger partial charge is 0.457 e. The summed E-state index contributed by atoms with van der Waals surface area (Å²) >= 11 is 0. The molecule has 0 aromatic heterocycles. The third-order valence-electron chi connectivity index (χ3n) is 4.30. The summed E-state index contributed by atoms with van der Waals surface area (Å²) in [5, 5.41) is 3.96. The van der Waals surface area contributed by atoms with Gasteiger partial charge in [0.1, 0.15) is 0 Å². The number of rotatable bonds is 6. The first kappa shape index (κ1) is 17.6. The van der Waals surface area contributed by atoms with Crippen LogP contribution in [0.2, 0.25) is 0 Å². The summed E-state index contributed by atoms with van der Waals surface area (Å²) < 4.78 is 21.4. The van der Waals surface area contributed by atoms with Crippen LogP contribution in [0.3, 0.4) is 0 Å². The Bertz CT molecular complexity index is 896. The summed E-state index contributed by atoms with van der Waals surface area (Å²) in [6.45, 7) is 0. The van der Waals surface area contributed by atoms with Gasteiger partial charge in [0, 0.05) is 21.3 Å². The van der Waals surface area contributed by atoms with Gasteiger partial charge in [-0.1, -0.05) is 48.5 Å². The Balaban J connectivity index is 2.01. The van der Waals surface area contributed by atoms with E-state index in [1.54, 1.807) is 0 Å². The first-order chi connectivity index (χ1) is 12.1. The minimum atomic E-state index is -2.98. The lowest BCUT2D eigenvalue weighted by molar-refractivity contribution is 0.0399. The zero-order valence-electron chi connectivity index (χ0n) is 14.4. The van der Waals surface area contributed by atoms with Gasteiger partial charge in [0.15, 0.2) is 6.23 Å². The molecule has 3 aromatic rings. The maximum Gasteiger partial charge on any atom is 0.539 e. The predicted molar refractivity (Wildman–Crippen MR) is 98.5 cm³/mol. The zero-order chi connectivity index (χ0) is 17.9. The molecule has 0 aliphatic carbocycles. The zero-order valence-corrected chi connectivity index (χ0v) is 15.4. The van der Waals surface area contributed by atoms with Gasteiger partial charge < -0.3 is 18.0 Å². The number of esters is 1. The molecule has 0 bridgehead atoms. The van der Waals surface area contributed by atoms with Gasteiger partial charge in [0.2, 0.25) is 0 Å². The molecule has 0 spiro atoms. The highest BCUT2D eigenvalue weighted by molar-refractivity contribution is 6.60. The second-order valence-electron chi connectivity index (χ2n) is 5.56. The molecule has 0 saturated heterocycles. The van der Waals surface area contributed by atoms with Gasteiger partial charge in [-0.3, -0.25) is 0 Å². The van der Waals surface area contributed by atoms with E-state index < -0.39 is 14.8 Å². The topological polar surface area (TPSA) is 54.0 Å². The first-order valence-corrected chi connectivity index (χ1v) is 9.80. The molecule has 5 nitrogen and oxygen atoms in total. The number of carbonyl (C=O) groups is 1. The van der Waals surface area contributed by atoms with Gasteiger partial charge in [0.05, 0.1) is 5.56 Å². The Hall–Kier alpha value is -2.25. The molecule has 0 aliphatic rings. The van der Waals surface area contributed by atoms with Crippen molar-refractivity contribution in [1.82, 2.24) is 0 Å². The van der Waals surface area contributed by atoms with Crippen LogP contribution in [-0.2, 0) is 18.0 Å². The van der Waals surface area contributed by atoms with Crippen molar-refractivity contribution < 1.29 is 22.8 Å². The van der Waals surface area contributed by atoms with Crippen LogP contribution in [0.15, 0.2) is 54.6 Å². The Morgan fingerprint density at radius 2 is 1.40 bits per heavy atom. The summed E-state index contributed by atoms with van der Waals surface area (Å²) in [4.78, 5) is 12.7. The SMILES string of the molecule is CO[Si](COC(=O)c1cc2ccccc2c2ccccc12)(OC)OC. The van der Waals surface area contributed by atoms with Crippen LogP contribution in [0.4, 0.5) is 0 Å². The van der Waals surface area contributed by atoms with E-state index in [9.17, 15) is 4.79 Å². The molecule has 0 radical (unpaired) electrons. The van der Waals surface area contributed by atoms with E-state index in [2.05, 4.69) is 0 Å². The third-order valence-corrected chi connectivity index (χ3v) is 6.66. The summed E-state index contributed by atoms with van der Waals surface area (Å²) in [7, 11) is 1.48. The standard InChI is InChI=1S/C19H20O5Si/c1-21-25(22-2,23-3)13-24-19(20)18-12-14-8-4-5-9-15(14)16-10-6-7-11-17(16)18/h4-12H,13H2,1-3H3. The molecule has 0 N–H and O–H groups in total. The minimum Gasteiger partial charge on any atom is -0.457 e. The number of hydrogen-bond donors (Lipinski definition) is 0. The molecule has 3 aromatic carbocycles. The first-order valence-electron chi connectivity index (χ1n) is 7.87. The molecular weight excluding hydrogens is 336 g/mol. The molecular formula is C19H20O5Si. The van der Waals surface area contributed by atoms with Crippen molar-refractivity contribution in [3.05, 3.63) is 60.2 Å². The van der Waals surface area contributed by atoms with Crippen LogP contribution in [0.25, 0.3) is 21.5 Å². The molecule has 3 rings (SSSR count). The number of benzene rings is 3. The van der Waals surface area contributed by atoms with Crippen LogP contribution < -0.4 is 0 Å². The lowest BCUT2D eigenvalue weighted by Gasteiger charge is -2.23. The predicted octanol–water partition coefficient (Wildman–Crippen LogP) is 3.57. The molecule has 0 fully saturated rings. The largest absolute Gasteiger partial charge is 0.539 e. The monoisotopic (exact) mass is 356 g/mol.